The van der Waals surface area contributed by atoms with Crippen LogP contribution >= 0.6 is 11.6 Å². The van der Waals surface area contributed by atoms with Crippen LogP contribution in [0, 0.1) is 0 Å². The zero-order chi connectivity index (χ0) is 15.9. The molecule has 21 heavy (non-hydrogen) atoms. The SMILES string of the molecule is COCCCNC(=O)C=Cc1ccc(Cl)c(C(F)(F)F)c1. The van der Waals surface area contributed by atoms with Gasteiger partial charge in [0.05, 0.1) is 10.6 Å². The third kappa shape index (κ3) is 6.18. The molecule has 0 aliphatic carbocycles. The van der Waals surface area contributed by atoms with Crippen molar-refractivity contribution in [2.75, 3.05) is 20.3 Å². The average Bonchev–Trinajstić information content (AvgIpc) is 2.41. The summed E-state index contributed by atoms with van der Waals surface area (Å²) in [5, 5.41) is 2.22. The van der Waals surface area contributed by atoms with Crippen LogP contribution in [0.4, 0.5) is 13.2 Å². The van der Waals surface area contributed by atoms with E-state index in [2.05, 4.69) is 5.32 Å². The van der Waals surface area contributed by atoms with Crippen molar-refractivity contribution in [1.29, 1.82) is 0 Å². The first-order chi connectivity index (χ1) is 9.84. The molecule has 0 saturated carbocycles. The molecule has 0 heterocycles. The van der Waals surface area contributed by atoms with Gasteiger partial charge in [-0.15, -0.1) is 0 Å². The van der Waals surface area contributed by atoms with Crippen molar-refractivity contribution in [3.63, 3.8) is 0 Å². The fourth-order valence-electron chi connectivity index (χ4n) is 1.52. The number of ether oxygens (including phenoxy) is 1. The number of rotatable bonds is 6. The van der Waals surface area contributed by atoms with Crippen LogP contribution in [-0.4, -0.2) is 26.2 Å². The number of amides is 1. The minimum atomic E-state index is -4.52. The molecule has 1 aromatic carbocycles. The molecule has 0 aliphatic heterocycles. The summed E-state index contributed by atoms with van der Waals surface area (Å²) in [6, 6.07) is 3.46. The molecule has 1 amide bonds. The predicted molar refractivity (Wildman–Crippen MR) is 75.0 cm³/mol. The van der Waals surface area contributed by atoms with Gasteiger partial charge in [-0.1, -0.05) is 17.7 Å². The molecule has 1 N–H and O–H groups in total. The highest BCUT2D eigenvalue weighted by Crippen LogP contribution is 2.35. The highest BCUT2D eigenvalue weighted by atomic mass is 35.5. The van der Waals surface area contributed by atoms with E-state index in [0.717, 1.165) is 12.1 Å². The number of carbonyl (C=O) groups excluding carboxylic acids is 1. The number of alkyl halides is 3. The largest absolute Gasteiger partial charge is 0.417 e. The monoisotopic (exact) mass is 321 g/mol. The lowest BCUT2D eigenvalue weighted by Gasteiger charge is -2.09. The normalized spacial score (nSPS) is 11.9. The minimum Gasteiger partial charge on any atom is -0.385 e. The zero-order valence-corrected chi connectivity index (χ0v) is 12.1. The van der Waals surface area contributed by atoms with E-state index in [0.29, 0.717) is 19.6 Å². The predicted octanol–water partition coefficient (Wildman–Crippen LogP) is 3.52. The molecule has 0 radical (unpaired) electrons. The smallest absolute Gasteiger partial charge is 0.385 e. The van der Waals surface area contributed by atoms with Crippen molar-refractivity contribution in [1.82, 2.24) is 5.32 Å². The van der Waals surface area contributed by atoms with Crippen LogP contribution in [0.3, 0.4) is 0 Å². The van der Waals surface area contributed by atoms with Crippen LogP contribution in [0.15, 0.2) is 24.3 Å². The summed E-state index contributed by atoms with van der Waals surface area (Å²) in [5.74, 6) is -0.380. The maximum Gasteiger partial charge on any atom is 0.417 e. The van der Waals surface area contributed by atoms with Crippen LogP contribution in [0.5, 0.6) is 0 Å². The van der Waals surface area contributed by atoms with E-state index < -0.39 is 11.7 Å². The summed E-state index contributed by atoms with van der Waals surface area (Å²) in [6.07, 6.45) is -1.38. The zero-order valence-electron chi connectivity index (χ0n) is 11.3. The standard InChI is InChI=1S/C14H15ClF3NO2/c1-21-8-2-7-19-13(20)6-4-10-3-5-12(15)11(9-10)14(16,17)18/h3-6,9H,2,7-8H2,1H3,(H,19,20). The number of benzene rings is 1. The van der Waals surface area contributed by atoms with Crippen LogP contribution in [-0.2, 0) is 15.7 Å². The second-order valence-corrected chi connectivity index (χ2v) is 4.61. The van der Waals surface area contributed by atoms with Crippen LogP contribution in [0.1, 0.15) is 17.5 Å². The molecule has 0 spiro atoms. The van der Waals surface area contributed by atoms with Gasteiger partial charge in [-0.3, -0.25) is 4.79 Å². The molecule has 0 bridgehead atoms. The lowest BCUT2D eigenvalue weighted by atomic mass is 10.1. The lowest BCUT2D eigenvalue weighted by Crippen LogP contribution is -2.22. The molecular weight excluding hydrogens is 307 g/mol. The van der Waals surface area contributed by atoms with Crippen LogP contribution in [0.2, 0.25) is 5.02 Å². The van der Waals surface area contributed by atoms with Crippen molar-refractivity contribution >= 4 is 23.6 Å². The van der Waals surface area contributed by atoms with E-state index in [1.165, 1.54) is 18.2 Å². The number of hydrogen-bond acceptors (Lipinski definition) is 2. The average molecular weight is 322 g/mol. The molecule has 0 aliphatic rings. The summed E-state index contributed by atoms with van der Waals surface area (Å²) in [6.45, 7) is 0.960. The molecule has 0 saturated heterocycles. The Morgan fingerprint density at radius 3 is 2.76 bits per heavy atom. The van der Waals surface area contributed by atoms with Gasteiger partial charge in [-0.2, -0.15) is 13.2 Å². The van der Waals surface area contributed by atoms with Gasteiger partial charge in [-0.25, -0.2) is 0 Å². The Morgan fingerprint density at radius 1 is 1.43 bits per heavy atom. The minimum absolute atomic E-state index is 0.249. The van der Waals surface area contributed by atoms with Crippen LogP contribution in [0.25, 0.3) is 6.08 Å². The Kier molecular flexibility index (Phi) is 6.71. The quantitative estimate of drug-likeness (QED) is 0.643. The summed E-state index contributed by atoms with van der Waals surface area (Å²) in [5.41, 5.74) is -0.675. The summed E-state index contributed by atoms with van der Waals surface area (Å²) in [4.78, 5) is 11.4. The van der Waals surface area contributed by atoms with Crippen molar-refractivity contribution in [3.8, 4) is 0 Å². The van der Waals surface area contributed by atoms with Gasteiger partial charge in [0.1, 0.15) is 0 Å². The molecule has 3 nitrogen and oxygen atoms in total. The van der Waals surface area contributed by atoms with Crippen molar-refractivity contribution in [2.45, 2.75) is 12.6 Å². The topological polar surface area (TPSA) is 38.3 Å². The molecule has 7 heteroatoms. The van der Waals surface area contributed by atoms with Gasteiger partial charge in [-0.05, 0) is 30.2 Å². The maximum atomic E-state index is 12.7. The van der Waals surface area contributed by atoms with E-state index in [1.807, 2.05) is 0 Å². The Morgan fingerprint density at radius 2 is 2.14 bits per heavy atom. The third-order valence-corrected chi connectivity index (χ3v) is 2.88. The first-order valence-electron chi connectivity index (χ1n) is 6.16. The summed E-state index contributed by atoms with van der Waals surface area (Å²) >= 11 is 5.51. The van der Waals surface area contributed by atoms with Gasteiger partial charge < -0.3 is 10.1 Å². The van der Waals surface area contributed by atoms with Gasteiger partial charge in [0.15, 0.2) is 0 Å². The lowest BCUT2D eigenvalue weighted by molar-refractivity contribution is -0.137. The number of hydrogen-bond donors (Lipinski definition) is 1. The second-order valence-electron chi connectivity index (χ2n) is 4.21. The molecular formula is C14H15ClF3NO2. The second kappa shape index (κ2) is 8.05. The molecule has 1 aromatic rings. The van der Waals surface area contributed by atoms with E-state index in [-0.39, 0.29) is 16.5 Å². The highest BCUT2D eigenvalue weighted by molar-refractivity contribution is 6.31. The molecule has 0 atom stereocenters. The fraction of sp³-hybridized carbons (Fsp3) is 0.357. The Labute approximate surface area is 125 Å². The third-order valence-electron chi connectivity index (χ3n) is 2.55. The highest BCUT2D eigenvalue weighted by Gasteiger charge is 2.33. The Hall–Kier alpha value is -1.53. The molecule has 0 unspecified atom stereocenters. The molecule has 1 rings (SSSR count). The van der Waals surface area contributed by atoms with E-state index in [4.69, 9.17) is 16.3 Å². The summed E-state index contributed by atoms with van der Waals surface area (Å²) in [7, 11) is 1.56. The van der Waals surface area contributed by atoms with E-state index >= 15 is 0 Å². The Balaban J connectivity index is 2.66. The van der Waals surface area contributed by atoms with Gasteiger partial charge in [0.25, 0.3) is 0 Å². The van der Waals surface area contributed by atoms with Crippen molar-refractivity contribution < 1.29 is 22.7 Å². The summed E-state index contributed by atoms with van der Waals surface area (Å²) < 4.78 is 42.8. The van der Waals surface area contributed by atoms with E-state index in [1.54, 1.807) is 7.11 Å². The number of carbonyl (C=O) groups is 1. The van der Waals surface area contributed by atoms with Crippen LogP contribution < -0.4 is 5.32 Å². The van der Waals surface area contributed by atoms with Gasteiger partial charge in [0.2, 0.25) is 5.91 Å². The molecule has 0 fully saturated rings. The molecule has 0 aromatic heterocycles. The van der Waals surface area contributed by atoms with E-state index in [9.17, 15) is 18.0 Å². The molecule has 116 valence electrons. The number of halogens is 4. The van der Waals surface area contributed by atoms with Gasteiger partial charge in [0, 0.05) is 26.3 Å². The van der Waals surface area contributed by atoms with Crippen molar-refractivity contribution in [2.24, 2.45) is 0 Å². The number of methoxy groups -OCH3 is 1. The maximum absolute atomic E-state index is 12.7. The fourth-order valence-corrected chi connectivity index (χ4v) is 1.75. The Bertz CT molecular complexity index is 515. The first-order valence-corrected chi connectivity index (χ1v) is 6.54. The number of nitrogens with one attached hydrogen (secondary N) is 1. The van der Waals surface area contributed by atoms with Gasteiger partial charge >= 0.3 is 6.18 Å². The first kappa shape index (κ1) is 17.5. The van der Waals surface area contributed by atoms with Crippen molar-refractivity contribution in [3.05, 3.63) is 40.4 Å².